The van der Waals surface area contributed by atoms with Gasteiger partial charge in [-0.25, -0.2) is 0 Å². The second-order valence-electron chi connectivity index (χ2n) is 6.95. The van der Waals surface area contributed by atoms with Gasteiger partial charge in [0.2, 0.25) is 0 Å². The van der Waals surface area contributed by atoms with E-state index in [4.69, 9.17) is 0 Å². The Morgan fingerprint density at radius 1 is 1.05 bits per heavy atom. The molecule has 2 nitrogen and oxygen atoms in total. The third kappa shape index (κ3) is 1.88. The summed E-state index contributed by atoms with van der Waals surface area (Å²) >= 11 is 0. The summed E-state index contributed by atoms with van der Waals surface area (Å²) in [6.45, 7) is 1.05. The highest BCUT2D eigenvalue weighted by molar-refractivity contribution is 5.35. The monoisotopic (exact) mass is 266 g/mol. The Morgan fingerprint density at radius 3 is 2.15 bits per heavy atom. The molecule has 4 rings (SSSR count). The minimum Gasteiger partial charge on any atom is -0.299 e. The first-order valence-electron chi connectivity index (χ1n) is 8.05. The summed E-state index contributed by atoms with van der Waals surface area (Å²) in [4.78, 5) is 0. The van der Waals surface area contributed by atoms with Gasteiger partial charge in [0.1, 0.15) is 5.54 Å². The minimum absolute atomic E-state index is 0.262. The van der Waals surface area contributed by atoms with E-state index in [1.54, 1.807) is 0 Å². The van der Waals surface area contributed by atoms with Gasteiger partial charge in [-0.2, -0.15) is 5.26 Å². The van der Waals surface area contributed by atoms with Gasteiger partial charge in [-0.3, -0.25) is 5.32 Å². The number of benzene rings is 1. The van der Waals surface area contributed by atoms with Crippen LogP contribution in [0, 0.1) is 29.1 Å². The lowest BCUT2D eigenvalue weighted by Gasteiger charge is -2.33. The van der Waals surface area contributed by atoms with E-state index in [1.165, 1.54) is 36.8 Å². The maximum absolute atomic E-state index is 9.95. The minimum atomic E-state index is -0.262. The fourth-order valence-electron chi connectivity index (χ4n) is 4.35. The molecule has 1 N–H and O–H groups in total. The van der Waals surface area contributed by atoms with E-state index in [1.807, 2.05) is 0 Å². The summed E-state index contributed by atoms with van der Waals surface area (Å²) in [7, 11) is 0. The lowest BCUT2D eigenvalue weighted by Crippen LogP contribution is -2.53. The van der Waals surface area contributed by atoms with Crippen molar-refractivity contribution in [3.05, 3.63) is 35.4 Å². The molecule has 2 bridgehead atoms. The summed E-state index contributed by atoms with van der Waals surface area (Å²) < 4.78 is 0. The number of rotatable bonds is 3. The van der Waals surface area contributed by atoms with Crippen LogP contribution in [-0.2, 0) is 12.8 Å². The van der Waals surface area contributed by atoms with Crippen LogP contribution in [0.4, 0.5) is 0 Å². The molecular formula is C18H22N2. The maximum atomic E-state index is 9.95. The number of hydrogen-bond donors (Lipinski definition) is 1. The van der Waals surface area contributed by atoms with Crippen LogP contribution in [0.5, 0.6) is 0 Å². The SMILES string of the molecule is N#CC1(NCC2CC2)C2CCC1Cc1ccccc1C2. The largest absolute Gasteiger partial charge is 0.299 e. The first kappa shape index (κ1) is 12.4. The molecule has 2 atom stereocenters. The van der Waals surface area contributed by atoms with Gasteiger partial charge >= 0.3 is 0 Å². The van der Waals surface area contributed by atoms with Crippen LogP contribution in [0.15, 0.2) is 24.3 Å². The maximum Gasteiger partial charge on any atom is 0.113 e. The first-order valence-corrected chi connectivity index (χ1v) is 8.05. The van der Waals surface area contributed by atoms with Crippen molar-refractivity contribution in [1.29, 1.82) is 5.26 Å². The lowest BCUT2D eigenvalue weighted by molar-refractivity contribution is 0.253. The van der Waals surface area contributed by atoms with Gasteiger partial charge in [0, 0.05) is 0 Å². The van der Waals surface area contributed by atoms with E-state index in [-0.39, 0.29) is 5.54 Å². The Kier molecular flexibility index (Phi) is 2.86. The molecule has 20 heavy (non-hydrogen) atoms. The molecule has 2 unspecified atom stereocenters. The van der Waals surface area contributed by atoms with Crippen molar-refractivity contribution < 1.29 is 0 Å². The van der Waals surface area contributed by atoms with Crippen LogP contribution in [0.3, 0.4) is 0 Å². The van der Waals surface area contributed by atoms with E-state index in [0.717, 1.165) is 25.3 Å². The van der Waals surface area contributed by atoms with Crippen LogP contribution in [0.1, 0.15) is 36.8 Å². The molecule has 0 saturated heterocycles. The molecule has 0 radical (unpaired) electrons. The Hall–Kier alpha value is -1.33. The predicted octanol–water partition coefficient (Wildman–Crippen LogP) is 3.07. The molecule has 1 aromatic rings. The zero-order valence-corrected chi connectivity index (χ0v) is 11.9. The second-order valence-corrected chi connectivity index (χ2v) is 6.95. The zero-order chi connectivity index (χ0) is 13.6. The summed E-state index contributed by atoms with van der Waals surface area (Å²) in [5.41, 5.74) is 2.70. The van der Waals surface area contributed by atoms with Crippen LogP contribution < -0.4 is 5.32 Å². The molecule has 2 heteroatoms. The number of nitrogens with zero attached hydrogens (tertiary/aromatic N) is 1. The van der Waals surface area contributed by atoms with Crippen molar-refractivity contribution in [3.63, 3.8) is 0 Å². The molecule has 104 valence electrons. The summed E-state index contributed by atoms with van der Waals surface area (Å²) in [5, 5.41) is 13.7. The van der Waals surface area contributed by atoms with Gasteiger partial charge in [0.15, 0.2) is 0 Å². The van der Waals surface area contributed by atoms with Crippen molar-refractivity contribution in [3.8, 4) is 6.07 Å². The third-order valence-corrected chi connectivity index (χ3v) is 5.77. The Balaban J connectivity index is 1.66. The molecule has 0 aliphatic heterocycles. The Bertz CT molecular complexity index is 520. The highest BCUT2D eigenvalue weighted by Crippen LogP contribution is 2.47. The quantitative estimate of drug-likeness (QED) is 0.912. The second kappa shape index (κ2) is 4.60. The molecule has 0 aromatic heterocycles. The molecule has 0 heterocycles. The van der Waals surface area contributed by atoms with E-state index < -0.39 is 0 Å². The Labute approximate surface area is 121 Å². The number of hydrogen-bond acceptors (Lipinski definition) is 2. The van der Waals surface area contributed by atoms with Crippen molar-refractivity contribution in [2.24, 2.45) is 17.8 Å². The van der Waals surface area contributed by atoms with Crippen molar-refractivity contribution in [1.82, 2.24) is 5.32 Å². The van der Waals surface area contributed by atoms with Gasteiger partial charge in [-0.15, -0.1) is 0 Å². The Morgan fingerprint density at radius 2 is 1.65 bits per heavy atom. The standard InChI is InChI=1S/C18H22N2/c19-12-18(20-11-13-5-6-13)16-7-8-17(18)10-15-4-2-1-3-14(15)9-16/h1-4,13,16-17,20H,5-11H2. The first-order chi connectivity index (χ1) is 9.82. The smallest absolute Gasteiger partial charge is 0.113 e. The van der Waals surface area contributed by atoms with Gasteiger partial charge in [0.25, 0.3) is 0 Å². The molecular weight excluding hydrogens is 244 g/mol. The average Bonchev–Trinajstić information content (AvgIpc) is 3.23. The molecule has 3 aliphatic rings. The number of nitriles is 1. The van der Waals surface area contributed by atoms with Crippen LogP contribution in [-0.4, -0.2) is 12.1 Å². The fourth-order valence-corrected chi connectivity index (χ4v) is 4.35. The number of fused-ring (bicyclic) bond motifs is 3. The van der Waals surface area contributed by atoms with Crippen LogP contribution >= 0.6 is 0 Å². The number of nitrogens with one attached hydrogen (secondary N) is 1. The van der Waals surface area contributed by atoms with Gasteiger partial charge in [-0.05, 0) is 74.0 Å². The van der Waals surface area contributed by atoms with Gasteiger partial charge in [-0.1, -0.05) is 24.3 Å². The topological polar surface area (TPSA) is 35.8 Å². The summed E-state index contributed by atoms with van der Waals surface area (Å²) in [6, 6.07) is 11.5. The normalized spacial score (nSPS) is 35.1. The van der Waals surface area contributed by atoms with E-state index >= 15 is 0 Å². The van der Waals surface area contributed by atoms with E-state index in [9.17, 15) is 5.26 Å². The van der Waals surface area contributed by atoms with Crippen molar-refractivity contribution in [2.45, 2.75) is 44.1 Å². The van der Waals surface area contributed by atoms with E-state index in [0.29, 0.717) is 11.8 Å². The third-order valence-electron chi connectivity index (χ3n) is 5.77. The predicted molar refractivity (Wildman–Crippen MR) is 79.1 cm³/mol. The van der Waals surface area contributed by atoms with Crippen LogP contribution in [0.25, 0.3) is 0 Å². The highest BCUT2D eigenvalue weighted by Gasteiger charge is 2.52. The summed E-state index contributed by atoms with van der Waals surface area (Å²) in [6.07, 6.45) is 7.29. The van der Waals surface area contributed by atoms with Gasteiger partial charge < -0.3 is 0 Å². The van der Waals surface area contributed by atoms with Crippen molar-refractivity contribution >= 4 is 0 Å². The molecule has 2 fully saturated rings. The molecule has 0 amide bonds. The van der Waals surface area contributed by atoms with Gasteiger partial charge in [0.05, 0.1) is 6.07 Å². The molecule has 0 spiro atoms. The molecule has 3 aliphatic carbocycles. The summed E-state index contributed by atoms with van der Waals surface area (Å²) in [5.74, 6) is 1.84. The average molecular weight is 266 g/mol. The van der Waals surface area contributed by atoms with E-state index in [2.05, 4.69) is 35.7 Å². The fraction of sp³-hybridized carbons (Fsp3) is 0.611. The molecule has 1 aromatic carbocycles. The lowest BCUT2D eigenvalue weighted by atomic mass is 9.80. The zero-order valence-electron chi connectivity index (χ0n) is 11.9. The highest BCUT2D eigenvalue weighted by atomic mass is 15.0. The van der Waals surface area contributed by atoms with Crippen LogP contribution in [0.2, 0.25) is 0 Å². The molecule has 2 saturated carbocycles. The van der Waals surface area contributed by atoms with Crippen molar-refractivity contribution in [2.75, 3.05) is 6.54 Å².